The summed E-state index contributed by atoms with van der Waals surface area (Å²) in [6, 6.07) is 16.9. The summed E-state index contributed by atoms with van der Waals surface area (Å²) in [4.78, 5) is 20.6. The normalized spacial score (nSPS) is 18.4. The number of aliphatic carboxylic acids is 1. The molecule has 0 spiro atoms. The maximum absolute atomic E-state index is 12.7. The first kappa shape index (κ1) is 33.2. The van der Waals surface area contributed by atoms with Gasteiger partial charge in [-0.05, 0) is 119 Å². The molecule has 2 aromatic heterocycles. The van der Waals surface area contributed by atoms with Crippen LogP contribution in [0.15, 0.2) is 48.5 Å². The van der Waals surface area contributed by atoms with E-state index >= 15 is 0 Å². The number of aromatic nitrogens is 3. The van der Waals surface area contributed by atoms with Gasteiger partial charge in [-0.25, -0.2) is 9.78 Å². The molecule has 0 radical (unpaired) electrons. The molecule has 1 saturated heterocycles. The highest BCUT2D eigenvalue weighted by Gasteiger charge is 2.41. The van der Waals surface area contributed by atoms with E-state index < -0.39 is 17.7 Å². The van der Waals surface area contributed by atoms with E-state index in [-0.39, 0.29) is 0 Å². The van der Waals surface area contributed by atoms with E-state index in [4.69, 9.17) is 26.4 Å². The SMILES string of the molecule is Cc1cc2nc(-c3ccc4c(c3)c(C3CCN(C5CC(C)(C)C5)CC3)nn4C)sc2c(-c2ccc(Cl)cc2)c1[C@H](OC(C)(C)C)C(=O)O. The number of carboxylic acids is 1. The smallest absolute Gasteiger partial charge is 0.337 e. The highest BCUT2D eigenvalue weighted by atomic mass is 35.5. The van der Waals surface area contributed by atoms with Crippen LogP contribution in [-0.2, 0) is 16.6 Å². The number of hydrogen-bond donors (Lipinski definition) is 1. The lowest BCUT2D eigenvalue weighted by Gasteiger charge is -2.50. The minimum absolute atomic E-state index is 0.432. The summed E-state index contributed by atoms with van der Waals surface area (Å²) >= 11 is 7.88. The Balaban J connectivity index is 1.29. The highest BCUT2D eigenvalue weighted by Crippen LogP contribution is 2.46. The van der Waals surface area contributed by atoms with Gasteiger partial charge in [-0.3, -0.25) is 4.68 Å². The Morgan fingerprint density at radius 3 is 2.35 bits per heavy atom. The zero-order chi connectivity index (χ0) is 34.1. The van der Waals surface area contributed by atoms with E-state index in [9.17, 15) is 9.90 Å². The minimum atomic E-state index is -1.15. The molecule has 3 heterocycles. The van der Waals surface area contributed by atoms with Crippen molar-refractivity contribution in [3.63, 3.8) is 0 Å². The van der Waals surface area contributed by atoms with Crippen LogP contribution in [0, 0.1) is 12.3 Å². The van der Waals surface area contributed by atoms with Gasteiger partial charge in [0.2, 0.25) is 0 Å². The van der Waals surface area contributed by atoms with Crippen molar-refractivity contribution in [1.29, 1.82) is 0 Å². The molecule has 3 aromatic carbocycles. The average molecular weight is 685 g/mol. The van der Waals surface area contributed by atoms with Gasteiger partial charge in [-0.15, -0.1) is 11.3 Å². The van der Waals surface area contributed by atoms with Crippen LogP contribution in [0.4, 0.5) is 0 Å². The monoisotopic (exact) mass is 684 g/mol. The number of halogens is 1. The summed E-state index contributed by atoms with van der Waals surface area (Å²) in [6.45, 7) is 14.6. The molecule has 9 heteroatoms. The van der Waals surface area contributed by atoms with Gasteiger partial charge in [0.1, 0.15) is 5.01 Å². The van der Waals surface area contributed by atoms with Crippen LogP contribution in [0.3, 0.4) is 0 Å². The summed E-state index contributed by atoms with van der Waals surface area (Å²) in [5.74, 6) is -0.592. The number of rotatable bonds is 7. The molecule has 2 fully saturated rings. The molecular formula is C39H45ClN4O3S. The van der Waals surface area contributed by atoms with Gasteiger partial charge in [-0.2, -0.15) is 5.10 Å². The predicted octanol–water partition coefficient (Wildman–Crippen LogP) is 9.79. The number of aryl methyl sites for hydroxylation is 2. The summed E-state index contributed by atoms with van der Waals surface area (Å²) < 4.78 is 9.14. The summed E-state index contributed by atoms with van der Waals surface area (Å²) in [7, 11) is 2.04. The molecular weight excluding hydrogens is 640 g/mol. The molecule has 5 aromatic rings. The second-order valence-corrected chi connectivity index (χ2v) is 17.0. The largest absolute Gasteiger partial charge is 0.479 e. The molecule has 1 atom stereocenters. The summed E-state index contributed by atoms with van der Waals surface area (Å²) in [5, 5.41) is 18.2. The number of benzene rings is 3. The van der Waals surface area contributed by atoms with Gasteiger partial charge in [0.15, 0.2) is 6.10 Å². The van der Waals surface area contributed by atoms with Gasteiger partial charge >= 0.3 is 5.97 Å². The minimum Gasteiger partial charge on any atom is -0.479 e. The highest BCUT2D eigenvalue weighted by molar-refractivity contribution is 7.22. The quantitative estimate of drug-likeness (QED) is 0.184. The fourth-order valence-electron chi connectivity index (χ4n) is 7.90. The van der Waals surface area contributed by atoms with Crippen LogP contribution in [0.2, 0.25) is 5.02 Å². The van der Waals surface area contributed by atoms with Gasteiger partial charge < -0.3 is 14.7 Å². The van der Waals surface area contributed by atoms with E-state index in [1.807, 2.05) is 69.8 Å². The third kappa shape index (κ3) is 6.28. The lowest BCUT2D eigenvalue weighted by atomic mass is 9.67. The first-order valence-electron chi connectivity index (χ1n) is 17.0. The van der Waals surface area contributed by atoms with Gasteiger partial charge in [-0.1, -0.05) is 37.6 Å². The number of ether oxygens (including phenoxy) is 1. The van der Waals surface area contributed by atoms with Crippen molar-refractivity contribution in [2.24, 2.45) is 12.5 Å². The number of nitrogens with zero attached hydrogens (tertiary/aromatic N) is 4. The Morgan fingerprint density at radius 2 is 1.73 bits per heavy atom. The molecule has 1 aliphatic carbocycles. The van der Waals surface area contributed by atoms with E-state index in [1.54, 1.807) is 11.3 Å². The number of likely N-dealkylation sites (tertiary alicyclic amines) is 1. The summed E-state index contributed by atoms with van der Waals surface area (Å²) in [6.07, 6.45) is 3.71. The number of hydrogen-bond acceptors (Lipinski definition) is 6. The third-order valence-electron chi connectivity index (χ3n) is 10.2. The van der Waals surface area contributed by atoms with Crippen LogP contribution in [-0.4, -0.2) is 55.5 Å². The molecule has 2 aliphatic rings. The predicted molar refractivity (Wildman–Crippen MR) is 196 cm³/mol. The molecule has 0 amide bonds. The first-order valence-corrected chi connectivity index (χ1v) is 18.2. The standard InChI is InChI=1S/C39H45ClN4O3S/c1-22-18-29-35(32(23-8-11-26(40)12-9-23)31(22)34(37(45)46)47-38(2,3)4)48-36(41-29)25-10-13-30-28(19-25)33(42-43(30)7)24-14-16-44(17-15-24)27-20-39(5,6)21-27/h8-13,18-19,24,27,34H,14-17,20-21H2,1-7H3,(H,45,46)/t34-/m0/s1. The Bertz CT molecular complexity index is 2010. The molecule has 0 bridgehead atoms. The summed E-state index contributed by atoms with van der Waals surface area (Å²) in [5.41, 5.74) is 7.18. The number of fused-ring (bicyclic) bond motifs is 2. The van der Waals surface area contributed by atoms with E-state index in [0.717, 1.165) is 75.0 Å². The first-order chi connectivity index (χ1) is 22.7. The van der Waals surface area contributed by atoms with Crippen molar-refractivity contribution in [1.82, 2.24) is 19.7 Å². The second kappa shape index (κ2) is 12.2. The van der Waals surface area contributed by atoms with Crippen molar-refractivity contribution >= 4 is 50.0 Å². The number of carboxylic acid groups (broad SMARTS) is 1. The molecule has 1 aliphatic heterocycles. The van der Waals surface area contributed by atoms with Crippen molar-refractivity contribution in [2.45, 2.75) is 90.9 Å². The molecule has 1 N–H and O–H groups in total. The van der Waals surface area contributed by atoms with E-state index in [0.29, 0.717) is 21.9 Å². The maximum Gasteiger partial charge on any atom is 0.337 e. The van der Waals surface area contributed by atoms with E-state index in [2.05, 4.69) is 36.9 Å². The van der Waals surface area contributed by atoms with Gasteiger partial charge in [0.25, 0.3) is 0 Å². The zero-order valence-corrected chi connectivity index (χ0v) is 30.5. The van der Waals surface area contributed by atoms with E-state index in [1.165, 1.54) is 23.9 Å². The maximum atomic E-state index is 12.7. The van der Waals surface area contributed by atoms with Crippen LogP contribution in [0.1, 0.15) is 89.1 Å². The second-order valence-electron chi connectivity index (χ2n) is 15.6. The average Bonchev–Trinajstić information content (AvgIpc) is 3.58. The Kier molecular flexibility index (Phi) is 8.46. The van der Waals surface area contributed by atoms with Crippen molar-refractivity contribution in [2.75, 3.05) is 13.1 Å². The van der Waals surface area contributed by atoms with Crippen molar-refractivity contribution in [3.05, 3.63) is 70.4 Å². The van der Waals surface area contributed by atoms with Gasteiger partial charge in [0.05, 0.1) is 27.0 Å². The topological polar surface area (TPSA) is 80.5 Å². The Hall–Kier alpha value is -3.30. The van der Waals surface area contributed by atoms with Crippen LogP contribution in [0.25, 0.3) is 42.8 Å². The lowest BCUT2D eigenvalue weighted by molar-refractivity contribution is -0.160. The Labute approximate surface area is 291 Å². The Morgan fingerprint density at radius 1 is 1.06 bits per heavy atom. The van der Waals surface area contributed by atoms with Crippen LogP contribution < -0.4 is 0 Å². The molecule has 7 rings (SSSR count). The fraction of sp³-hybridized carbons (Fsp3) is 0.462. The van der Waals surface area contributed by atoms with Crippen molar-refractivity contribution in [3.8, 4) is 21.7 Å². The molecule has 1 saturated carbocycles. The lowest BCUT2D eigenvalue weighted by Crippen LogP contribution is -2.51. The van der Waals surface area contributed by atoms with Gasteiger partial charge in [0, 0.05) is 46.1 Å². The molecule has 48 heavy (non-hydrogen) atoms. The molecule has 252 valence electrons. The number of carbonyl (C=O) groups is 1. The van der Waals surface area contributed by atoms with Crippen LogP contribution >= 0.6 is 22.9 Å². The number of thiazole rings is 1. The third-order valence-corrected chi connectivity index (χ3v) is 11.5. The molecule has 7 nitrogen and oxygen atoms in total. The number of piperidine rings is 1. The fourth-order valence-corrected chi connectivity index (χ4v) is 9.15. The van der Waals surface area contributed by atoms with Crippen LogP contribution in [0.5, 0.6) is 0 Å². The zero-order valence-electron chi connectivity index (χ0n) is 28.9. The molecule has 0 unspecified atom stereocenters. The van der Waals surface area contributed by atoms with Crippen molar-refractivity contribution < 1.29 is 14.6 Å².